The molecule has 1 heterocycles. The van der Waals surface area contributed by atoms with Crippen molar-refractivity contribution in [3.63, 3.8) is 0 Å². The number of sulfonamides is 1. The molecule has 1 saturated carbocycles. The summed E-state index contributed by atoms with van der Waals surface area (Å²) in [6.07, 6.45) is 3.64. The maximum atomic E-state index is 13.7. The van der Waals surface area contributed by atoms with Crippen molar-refractivity contribution in [1.29, 1.82) is 0 Å². The van der Waals surface area contributed by atoms with E-state index in [9.17, 15) is 12.8 Å². The molecule has 1 fully saturated rings. The summed E-state index contributed by atoms with van der Waals surface area (Å²) >= 11 is 0. The maximum Gasteiger partial charge on any atom is 0.240 e. The van der Waals surface area contributed by atoms with Gasteiger partial charge in [-0.25, -0.2) is 17.5 Å². The zero-order valence-electron chi connectivity index (χ0n) is 14.8. The van der Waals surface area contributed by atoms with E-state index in [1.165, 1.54) is 12.1 Å². The molecule has 1 aromatic heterocycles. The van der Waals surface area contributed by atoms with E-state index in [1.54, 1.807) is 25.1 Å². The van der Waals surface area contributed by atoms with E-state index >= 15 is 0 Å². The van der Waals surface area contributed by atoms with Gasteiger partial charge in [0.25, 0.3) is 0 Å². The van der Waals surface area contributed by atoms with Crippen LogP contribution in [0.15, 0.2) is 47.5 Å². The maximum absolute atomic E-state index is 13.7. The molecule has 2 N–H and O–H groups in total. The molecule has 0 bridgehead atoms. The first kappa shape index (κ1) is 17.2. The Labute approximate surface area is 152 Å². The van der Waals surface area contributed by atoms with E-state index in [1.807, 2.05) is 19.2 Å². The molecule has 0 saturated heterocycles. The van der Waals surface area contributed by atoms with Crippen molar-refractivity contribution in [1.82, 2.24) is 9.71 Å². The average molecular weight is 372 g/mol. The van der Waals surface area contributed by atoms with Crippen LogP contribution in [0.5, 0.6) is 0 Å². The predicted molar refractivity (Wildman–Crippen MR) is 100 cm³/mol. The van der Waals surface area contributed by atoms with Crippen LogP contribution in [0.2, 0.25) is 0 Å². The minimum atomic E-state index is -3.59. The number of aromatic nitrogens is 1. The highest BCUT2D eigenvalue weighted by molar-refractivity contribution is 7.89. The predicted octanol–water partition coefficient (Wildman–Crippen LogP) is 3.93. The fraction of sp³-hybridized carbons (Fsp3) is 0.300. The molecule has 2 aromatic carbocycles. The van der Waals surface area contributed by atoms with Gasteiger partial charge in [-0.3, -0.25) is 0 Å². The van der Waals surface area contributed by atoms with Crippen LogP contribution < -0.4 is 4.72 Å². The first-order chi connectivity index (χ1) is 12.3. The van der Waals surface area contributed by atoms with Gasteiger partial charge in [0.05, 0.1) is 4.90 Å². The molecule has 1 aliphatic rings. The lowest BCUT2D eigenvalue weighted by molar-refractivity contribution is 0.567. The van der Waals surface area contributed by atoms with Crippen LogP contribution in [-0.4, -0.2) is 19.9 Å². The van der Waals surface area contributed by atoms with Gasteiger partial charge in [-0.05, 0) is 62.1 Å². The second kappa shape index (κ2) is 5.93. The van der Waals surface area contributed by atoms with Crippen LogP contribution in [0.25, 0.3) is 10.9 Å². The van der Waals surface area contributed by atoms with Crippen LogP contribution in [-0.2, 0) is 15.4 Å². The van der Waals surface area contributed by atoms with Crippen LogP contribution in [0.4, 0.5) is 4.39 Å². The SMILES string of the molecule is Cc1ccc(S(=O)(=O)NCC2(c3c[nH]c4ccc(F)cc34)CC2)c(C)c1. The Morgan fingerprint density at radius 2 is 1.92 bits per heavy atom. The molecule has 1 aliphatic carbocycles. The van der Waals surface area contributed by atoms with Crippen LogP contribution in [0.1, 0.15) is 29.5 Å². The van der Waals surface area contributed by atoms with E-state index in [0.717, 1.165) is 40.4 Å². The Kier molecular flexibility index (Phi) is 3.93. The number of halogens is 1. The van der Waals surface area contributed by atoms with Crippen LogP contribution >= 0.6 is 0 Å². The molecule has 26 heavy (non-hydrogen) atoms. The van der Waals surface area contributed by atoms with Crippen molar-refractivity contribution in [2.75, 3.05) is 6.54 Å². The van der Waals surface area contributed by atoms with Gasteiger partial charge in [-0.15, -0.1) is 0 Å². The number of rotatable bonds is 5. The number of hydrogen-bond acceptors (Lipinski definition) is 2. The number of benzene rings is 2. The smallest absolute Gasteiger partial charge is 0.240 e. The molecule has 0 atom stereocenters. The lowest BCUT2D eigenvalue weighted by atomic mass is 9.96. The molecule has 0 amide bonds. The monoisotopic (exact) mass is 372 g/mol. The quantitative estimate of drug-likeness (QED) is 0.713. The molecular weight excluding hydrogens is 351 g/mol. The number of H-pyrrole nitrogens is 1. The molecule has 136 valence electrons. The number of hydrogen-bond donors (Lipinski definition) is 2. The van der Waals surface area contributed by atoms with E-state index in [4.69, 9.17) is 0 Å². The Hall–Kier alpha value is -2.18. The molecule has 0 unspecified atom stereocenters. The van der Waals surface area contributed by atoms with Gasteiger partial charge in [0, 0.05) is 29.1 Å². The third-order valence-corrected chi connectivity index (χ3v) is 6.85. The van der Waals surface area contributed by atoms with Crippen LogP contribution in [0, 0.1) is 19.7 Å². The van der Waals surface area contributed by atoms with Crippen molar-refractivity contribution in [3.05, 3.63) is 65.1 Å². The van der Waals surface area contributed by atoms with Gasteiger partial charge in [0.15, 0.2) is 0 Å². The first-order valence-corrected chi connectivity index (χ1v) is 10.1. The van der Waals surface area contributed by atoms with Crippen molar-refractivity contribution >= 4 is 20.9 Å². The Bertz CT molecular complexity index is 1100. The van der Waals surface area contributed by atoms with E-state index in [-0.39, 0.29) is 11.2 Å². The average Bonchev–Trinajstić information content (AvgIpc) is 3.25. The summed E-state index contributed by atoms with van der Waals surface area (Å²) in [5, 5.41) is 0.827. The number of aromatic amines is 1. The third kappa shape index (κ3) is 2.93. The number of aryl methyl sites for hydroxylation is 2. The van der Waals surface area contributed by atoms with Crippen molar-refractivity contribution < 1.29 is 12.8 Å². The summed E-state index contributed by atoms with van der Waals surface area (Å²) in [5.74, 6) is -0.287. The summed E-state index contributed by atoms with van der Waals surface area (Å²) in [6.45, 7) is 4.05. The fourth-order valence-electron chi connectivity index (χ4n) is 3.64. The van der Waals surface area contributed by atoms with Gasteiger partial charge in [0.1, 0.15) is 5.82 Å². The third-order valence-electron chi connectivity index (χ3n) is 5.29. The van der Waals surface area contributed by atoms with Gasteiger partial charge in [0.2, 0.25) is 10.0 Å². The molecular formula is C20H21FN2O2S. The highest BCUT2D eigenvalue weighted by atomic mass is 32.2. The molecule has 0 radical (unpaired) electrons. The zero-order valence-corrected chi connectivity index (χ0v) is 15.6. The van der Waals surface area contributed by atoms with Crippen molar-refractivity contribution in [3.8, 4) is 0 Å². The molecule has 0 aliphatic heterocycles. The van der Waals surface area contributed by atoms with E-state index in [2.05, 4.69) is 9.71 Å². The largest absolute Gasteiger partial charge is 0.361 e. The van der Waals surface area contributed by atoms with Gasteiger partial charge >= 0.3 is 0 Å². The second-order valence-corrected chi connectivity index (χ2v) is 9.00. The fourth-order valence-corrected chi connectivity index (χ4v) is 4.99. The molecule has 3 aromatic rings. The molecule has 4 nitrogen and oxygen atoms in total. The zero-order chi connectivity index (χ0) is 18.5. The highest BCUT2D eigenvalue weighted by Gasteiger charge is 2.46. The van der Waals surface area contributed by atoms with Gasteiger partial charge < -0.3 is 4.98 Å². The normalized spacial score (nSPS) is 16.1. The minimum Gasteiger partial charge on any atom is -0.361 e. The van der Waals surface area contributed by atoms with Gasteiger partial charge in [-0.2, -0.15) is 0 Å². The second-order valence-electron chi connectivity index (χ2n) is 7.27. The standard InChI is InChI=1S/C20H21FN2O2S/c1-13-3-6-19(14(2)9-13)26(24,25)23-12-20(7-8-20)17-11-22-18-5-4-15(21)10-16(17)18/h3-6,9-11,22-23H,7-8,12H2,1-2H3. The summed E-state index contributed by atoms with van der Waals surface area (Å²) in [4.78, 5) is 3.47. The van der Waals surface area contributed by atoms with Crippen molar-refractivity contribution in [2.45, 2.75) is 37.0 Å². The highest BCUT2D eigenvalue weighted by Crippen LogP contribution is 2.50. The number of fused-ring (bicyclic) bond motifs is 1. The summed E-state index contributed by atoms with van der Waals surface area (Å²) in [6, 6.07) is 9.96. The Balaban J connectivity index is 1.61. The lowest BCUT2D eigenvalue weighted by Crippen LogP contribution is -2.32. The topological polar surface area (TPSA) is 62.0 Å². The Morgan fingerprint density at radius 3 is 2.62 bits per heavy atom. The lowest BCUT2D eigenvalue weighted by Gasteiger charge is -2.17. The minimum absolute atomic E-state index is 0.266. The molecule has 6 heteroatoms. The number of nitrogens with one attached hydrogen (secondary N) is 2. The summed E-state index contributed by atoms with van der Waals surface area (Å²) in [7, 11) is -3.59. The summed E-state index contributed by atoms with van der Waals surface area (Å²) < 4.78 is 41.9. The van der Waals surface area contributed by atoms with E-state index in [0.29, 0.717) is 11.4 Å². The Morgan fingerprint density at radius 1 is 1.15 bits per heavy atom. The first-order valence-electron chi connectivity index (χ1n) is 8.65. The summed E-state index contributed by atoms with van der Waals surface area (Å²) in [5.41, 5.74) is 3.34. The van der Waals surface area contributed by atoms with Crippen LogP contribution in [0.3, 0.4) is 0 Å². The van der Waals surface area contributed by atoms with Crippen molar-refractivity contribution in [2.24, 2.45) is 0 Å². The van der Waals surface area contributed by atoms with E-state index < -0.39 is 10.0 Å². The molecule has 4 rings (SSSR count). The van der Waals surface area contributed by atoms with Gasteiger partial charge in [-0.1, -0.05) is 17.7 Å². The molecule has 0 spiro atoms.